The van der Waals surface area contributed by atoms with Gasteiger partial charge in [0.25, 0.3) is 11.8 Å². The lowest BCUT2D eigenvalue weighted by Gasteiger charge is -2.32. The summed E-state index contributed by atoms with van der Waals surface area (Å²) < 4.78 is 41.3. The molecular weight excluding hydrogens is 533 g/mol. The molecule has 4 aromatic rings. The monoisotopic (exact) mass is 556 g/mol. The molecule has 10 heteroatoms. The maximum Gasteiger partial charge on any atom is 0.416 e. The number of hydrogen-bond acceptors (Lipinski definition) is 4. The number of halogens is 3. The average molecular weight is 557 g/mol. The topological polar surface area (TPSA) is 82.6 Å². The van der Waals surface area contributed by atoms with Crippen LogP contribution >= 0.6 is 0 Å². The Balaban J connectivity index is 1.47. The lowest BCUT2D eigenvalue weighted by molar-refractivity contribution is -0.138. The predicted octanol–water partition coefficient (Wildman–Crippen LogP) is 5.88. The highest BCUT2D eigenvalue weighted by Gasteiger charge is 2.57. The van der Waals surface area contributed by atoms with Gasteiger partial charge in [0.1, 0.15) is 0 Å². The summed E-state index contributed by atoms with van der Waals surface area (Å²) in [6.45, 7) is 0. The number of carbonyl (C=O) groups excluding carboxylic acids is 3. The van der Waals surface area contributed by atoms with Crippen molar-refractivity contribution in [3.63, 3.8) is 0 Å². The Kier molecular flexibility index (Phi) is 6.13. The zero-order chi connectivity index (χ0) is 28.9. The number of fused-ring (bicyclic) bond motifs is 3. The van der Waals surface area contributed by atoms with E-state index in [1.54, 1.807) is 60.7 Å². The Hall–Kier alpha value is -4.99. The van der Waals surface area contributed by atoms with E-state index in [2.05, 4.69) is 10.3 Å². The molecule has 0 saturated carbocycles. The Bertz CT molecular complexity index is 1690. The molecule has 1 unspecified atom stereocenters. The van der Waals surface area contributed by atoms with Crippen LogP contribution in [-0.4, -0.2) is 29.8 Å². The quantitative estimate of drug-likeness (QED) is 0.320. The van der Waals surface area contributed by atoms with Gasteiger partial charge in [0.15, 0.2) is 5.41 Å². The smallest absolute Gasteiger partial charge is 0.322 e. The van der Waals surface area contributed by atoms with Gasteiger partial charge in [0.2, 0.25) is 5.91 Å². The van der Waals surface area contributed by atoms with Crippen LogP contribution in [0.3, 0.4) is 0 Å². The minimum atomic E-state index is -4.65. The molecule has 1 atom stereocenters. The normalized spacial score (nSPS) is 18.2. The van der Waals surface area contributed by atoms with Gasteiger partial charge >= 0.3 is 6.18 Å². The maximum absolute atomic E-state index is 14.6. The molecule has 206 valence electrons. The van der Waals surface area contributed by atoms with Gasteiger partial charge in [-0.1, -0.05) is 24.3 Å². The number of aryl methyl sites for hydroxylation is 1. The van der Waals surface area contributed by atoms with E-state index in [4.69, 9.17) is 0 Å². The van der Waals surface area contributed by atoms with Crippen LogP contribution in [0.15, 0.2) is 91.3 Å². The van der Waals surface area contributed by atoms with Crippen LogP contribution in [0.5, 0.6) is 0 Å². The fourth-order valence-corrected chi connectivity index (χ4v) is 5.69. The van der Waals surface area contributed by atoms with Crippen molar-refractivity contribution >= 4 is 40.5 Å². The first-order chi connectivity index (χ1) is 19.6. The van der Waals surface area contributed by atoms with E-state index in [0.717, 1.165) is 12.1 Å². The molecular formula is C31H23F3N4O3. The van der Waals surface area contributed by atoms with E-state index in [1.807, 2.05) is 0 Å². The second-order valence-corrected chi connectivity index (χ2v) is 10.0. The van der Waals surface area contributed by atoms with Crippen molar-refractivity contribution in [2.75, 3.05) is 22.2 Å². The zero-order valence-corrected chi connectivity index (χ0v) is 21.8. The largest absolute Gasteiger partial charge is 0.416 e. The Labute approximate surface area is 233 Å². The number of nitrogens with one attached hydrogen (secondary N) is 1. The van der Waals surface area contributed by atoms with Crippen LogP contribution in [0.1, 0.15) is 33.5 Å². The summed E-state index contributed by atoms with van der Waals surface area (Å²) in [4.78, 5) is 47.9. The molecule has 1 aromatic heterocycles. The first kappa shape index (κ1) is 26.2. The number of rotatable bonds is 3. The number of carbonyl (C=O) groups is 3. The summed E-state index contributed by atoms with van der Waals surface area (Å²) in [5.74, 6) is -1.51. The molecule has 0 radical (unpaired) electrons. The molecule has 2 heterocycles. The number of aromatic nitrogens is 1. The van der Waals surface area contributed by atoms with E-state index in [0.29, 0.717) is 34.5 Å². The fourth-order valence-electron chi connectivity index (χ4n) is 5.69. The lowest BCUT2D eigenvalue weighted by atomic mass is 9.79. The molecule has 1 aliphatic carbocycles. The SMILES string of the molecule is CN1C(=O)C2(CCc3cc(NC(=O)c4ccncc4)ccc32)C(=O)N(c2ccccc2)c2cc(C(F)(F)F)ccc21. The van der Waals surface area contributed by atoms with E-state index in [-0.39, 0.29) is 23.7 Å². The van der Waals surface area contributed by atoms with Gasteiger partial charge in [-0.05, 0) is 78.6 Å². The maximum atomic E-state index is 14.6. The van der Waals surface area contributed by atoms with Gasteiger partial charge in [-0.3, -0.25) is 24.3 Å². The second kappa shape index (κ2) is 9.58. The number of hydrogen-bond donors (Lipinski definition) is 1. The third kappa shape index (κ3) is 4.23. The molecule has 0 saturated heterocycles. The molecule has 1 N–H and O–H groups in total. The third-order valence-electron chi connectivity index (χ3n) is 7.69. The Morgan fingerprint density at radius 1 is 0.902 bits per heavy atom. The highest BCUT2D eigenvalue weighted by molar-refractivity contribution is 6.27. The molecule has 3 amide bonds. The Morgan fingerprint density at radius 2 is 1.63 bits per heavy atom. The third-order valence-corrected chi connectivity index (χ3v) is 7.69. The molecule has 0 bridgehead atoms. The van der Waals surface area contributed by atoms with Gasteiger partial charge < -0.3 is 10.2 Å². The molecule has 2 aliphatic rings. The summed E-state index contributed by atoms with van der Waals surface area (Å²) in [5, 5.41) is 2.83. The van der Waals surface area contributed by atoms with Crippen molar-refractivity contribution in [1.29, 1.82) is 0 Å². The van der Waals surface area contributed by atoms with Crippen LogP contribution in [0.2, 0.25) is 0 Å². The number of likely N-dealkylation sites (N-methyl/N-ethyl adjacent to an activating group) is 1. The van der Waals surface area contributed by atoms with Crippen molar-refractivity contribution in [3.8, 4) is 0 Å². The number of alkyl halides is 3. The Morgan fingerprint density at radius 3 is 2.34 bits per heavy atom. The molecule has 1 spiro atoms. The fraction of sp³-hybridized carbons (Fsp3) is 0.161. The van der Waals surface area contributed by atoms with Crippen molar-refractivity contribution in [1.82, 2.24) is 4.98 Å². The molecule has 6 rings (SSSR count). The van der Waals surface area contributed by atoms with Gasteiger partial charge in [-0.2, -0.15) is 13.2 Å². The van der Waals surface area contributed by atoms with Crippen molar-refractivity contribution in [2.24, 2.45) is 0 Å². The number of para-hydroxylation sites is 1. The first-order valence-electron chi connectivity index (χ1n) is 12.8. The van der Waals surface area contributed by atoms with E-state index >= 15 is 0 Å². The van der Waals surface area contributed by atoms with Gasteiger partial charge in [-0.25, -0.2) is 0 Å². The highest BCUT2D eigenvalue weighted by Crippen LogP contribution is 2.50. The van der Waals surface area contributed by atoms with Crippen molar-refractivity contribution in [3.05, 3.63) is 114 Å². The van der Waals surface area contributed by atoms with Crippen LogP contribution in [0.4, 0.5) is 35.9 Å². The molecule has 0 fully saturated rings. The number of benzene rings is 3. The first-order valence-corrected chi connectivity index (χ1v) is 12.8. The summed E-state index contributed by atoms with van der Waals surface area (Å²) in [7, 11) is 1.47. The standard InChI is InChI=1S/C31H23F3N4O3/c1-37-25-10-7-21(31(32,33)34)18-26(25)38(23-5-3-2-4-6-23)29(41)30(28(37)40)14-11-20-17-22(8-9-24(20)30)36-27(39)19-12-15-35-16-13-19/h2-10,12-13,15-18H,11,14H2,1H3,(H,36,39). The minimum Gasteiger partial charge on any atom is -0.322 e. The molecule has 1 aliphatic heterocycles. The van der Waals surface area contributed by atoms with Crippen molar-refractivity contribution < 1.29 is 27.6 Å². The second-order valence-electron chi connectivity index (χ2n) is 10.0. The number of nitrogens with zero attached hydrogens (tertiary/aromatic N) is 3. The predicted molar refractivity (Wildman–Crippen MR) is 147 cm³/mol. The van der Waals surface area contributed by atoms with E-state index in [9.17, 15) is 27.6 Å². The molecule has 3 aromatic carbocycles. The van der Waals surface area contributed by atoms with Crippen molar-refractivity contribution in [2.45, 2.75) is 24.4 Å². The summed E-state index contributed by atoms with van der Waals surface area (Å²) >= 11 is 0. The minimum absolute atomic E-state index is 0.0292. The van der Waals surface area contributed by atoms with Gasteiger partial charge in [0.05, 0.1) is 16.9 Å². The summed E-state index contributed by atoms with van der Waals surface area (Å²) in [6, 6.07) is 19.6. The average Bonchev–Trinajstić information content (AvgIpc) is 3.34. The van der Waals surface area contributed by atoms with Gasteiger partial charge in [-0.15, -0.1) is 0 Å². The van der Waals surface area contributed by atoms with E-state index in [1.165, 1.54) is 35.3 Å². The van der Waals surface area contributed by atoms with Crippen LogP contribution in [0.25, 0.3) is 0 Å². The zero-order valence-electron chi connectivity index (χ0n) is 21.8. The van der Waals surface area contributed by atoms with Gasteiger partial charge in [0, 0.05) is 36.4 Å². The number of amides is 3. The van der Waals surface area contributed by atoms with Crippen LogP contribution < -0.4 is 15.1 Å². The van der Waals surface area contributed by atoms with Crippen LogP contribution in [0, 0.1) is 0 Å². The number of anilines is 4. The molecule has 7 nitrogen and oxygen atoms in total. The lowest BCUT2D eigenvalue weighted by Crippen LogP contribution is -2.52. The summed E-state index contributed by atoms with van der Waals surface area (Å²) in [5.41, 5.74) is -0.0349. The highest BCUT2D eigenvalue weighted by atomic mass is 19.4. The van der Waals surface area contributed by atoms with Crippen LogP contribution in [-0.2, 0) is 27.6 Å². The summed E-state index contributed by atoms with van der Waals surface area (Å²) in [6.07, 6.45) is -1.16. The molecule has 41 heavy (non-hydrogen) atoms. The number of pyridine rings is 1. The van der Waals surface area contributed by atoms with E-state index < -0.39 is 29.0 Å².